The van der Waals surface area contributed by atoms with Gasteiger partial charge in [0.1, 0.15) is 16.9 Å². The third kappa shape index (κ3) is 4.59. The molecule has 46 heavy (non-hydrogen) atoms. The van der Waals surface area contributed by atoms with E-state index < -0.39 is 0 Å². The first-order valence-electron chi connectivity index (χ1n) is 16.3. The predicted molar refractivity (Wildman–Crippen MR) is 179 cm³/mol. The Balaban J connectivity index is 1.14. The van der Waals surface area contributed by atoms with E-state index in [2.05, 4.69) is 52.1 Å². The standard InChI is InChI=1S/C34H36BrN9O2/c1-46-28-11-23(33(45)43-18-22-6-7-26(43)29(22)36)9-25-30(28)44(17-20-14-41(15-20)34-38-12-24(35)13-39-34)32(40-25)27-10-21-3-2-8-37-31(21)42(27)16-19-4-5-19/h2-3,8-13,19-20,22,26,29H,4-7,14-18,36H2,1H3/t22-,26-,29-/m1/s1. The highest BCUT2D eigenvalue weighted by Crippen LogP contribution is 2.41. The molecule has 12 heteroatoms. The molecule has 0 spiro atoms. The number of imidazole rings is 1. The molecule has 4 aromatic heterocycles. The molecule has 236 valence electrons. The van der Waals surface area contributed by atoms with Crippen molar-refractivity contribution >= 4 is 49.9 Å². The Kier molecular flexibility index (Phi) is 6.60. The molecule has 2 bridgehead atoms. The molecule has 1 aromatic carbocycles. The highest BCUT2D eigenvalue weighted by Gasteiger charge is 2.47. The molecule has 2 aliphatic heterocycles. The Morgan fingerprint density at radius 1 is 1.00 bits per heavy atom. The molecular weight excluding hydrogens is 646 g/mol. The SMILES string of the molecule is COc1cc(C(=O)N2C[C@H]3CC[C@@H]2[C@@H]3N)cc2nc(-c3cc4cccnc4n3CC3CC3)n(CC3CN(c4ncc(Br)cn4)C3)c12. The first kappa shape index (κ1) is 28.2. The minimum atomic E-state index is 0.00938. The van der Waals surface area contributed by atoms with Gasteiger partial charge in [0, 0.05) is 80.3 Å². The first-order chi connectivity index (χ1) is 22.4. The number of nitrogens with zero attached hydrogens (tertiary/aromatic N) is 8. The van der Waals surface area contributed by atoms with E-state index in [4.69, 9.17) is 20.4 Å². The molecule has 1 amide bonds. The zero-order valence-electron chi connectivity index (χ0n) is 25.7. The predicted octanol–water partition coefficient (Wildman–Crippen LogP) is 4.72. The van der Waals surface area contributed by atoms with E-state index >= 15 is 0 Å². The zero-order valence-corrected chi connectivity index (χ0v) is 27.3. The van der Waals surface area contributed by atoms with E-state index in [1.807, 2.05) is 29.3 Å². The van der Waals surface area contributed by atoms with Crippen LogP contribution in [-0.2, 0) is 13.1 Å². The summed E-state index contributed by atoms with van der Waals surface area (Å²) in [6.45, 7) is 4.05. The van der Waals surface area contributed by atoms with Gasteiger partial charge in [-0.05, 0) is 83.8 Å². The fraction of sp³-hybridized carbons (Fsp3) is 0.441. The van der Waals surface area contributed by atoms with Crippen LogP contribution in [0.3, 0.4) is 0 Å². The van der Waals surface area contributed by atoms with E-state index in [9.17, 15) is 4.79 Å². The lowest BCUT2D eigenvalue weighted by atomic mass is 10.0. The van der Waals surface area contributed by atoms with Crippen molar-refractivity contribution in [2.75, 3.05) is 31.6 Å². The van der Waals surface area contributed by atoms with Gasteiger partial charge in [0.2, 0.25) is 5.95 Å². The molecule has 2 saturated carbocycles. The van der Waals surface area contributed by atoms with Gasteiger partial charge in [-0.3, -0.25) is 4.79 Å². The van der Waals surface area contributed by atoms with E-state index in [0.29, 0.717) is 29.1 Å². The van der Waals surface area contributed by atoms with Crippen molar-refractivity contribution in [2.24, 2.45) is 23.5 Å². The van der Waals surface area contributed by atoms with Gasteiger partial charge >= 0.3 is 0 Å². The third-order valence-corrected chi connectivity index (χ3v) is 10.9. The molecule has 11 nitrogen and oxygen atoms in total. The van der Waals surface area contributed by atoms with Crippen molar-refractivity contribution in [1.29, 1.82) is 0 Å². The third-order valence-electron chi connectivity index (χ3n) is 10.5. The summed E-state index contributed by atoms with van der Waals surface area (Å²) in [6, 6.07) is 10.3. The maximum absolute atomic E-state index is 13.9. The number of carbonyl (C=O) groups excluding carboxylic acids is 1. The summed E-state index contributed by atoms with van der Waals surface area (Å²) in [5.74, 6) is 3.67. The molecule has 4 fully saturated rings. The number of benzene rings is 1. The van der Waals surface area contributed by atoms with Crippen LogP contribution in [0.5, 0.6) is 5.75 Å². The average molecular weight is 683 g/mol. The van der Waals surface area contributed by atoms with Crippen LogP contribution < -0.4 is 15.4 Å². The number of methoxy groups -OCH3 is 1. The number of likely N-dealkylation sites (tertiary alicyclic amines) is 1. The van der Waals surface area contributed by atoms with Crippen molar-refractivity contribution in [2.45, 2.75) is 50.9 Å². The molecule has 2 saturated heterocycles. The van der Waals surface area contributed by atoms with E-state index in [1.165, 1.54) is 12.8 Å². The maximum Gasteiger partial charge on any atom is 0.254 e. The minimum absolute atomic E-state index is 0.00938. The number of halogens is 1. The Morgan fingerprint density at radius 3 is 2.52 bits per heavy atom. The van der Waals surface area contributed by atoms with Crippen molar-refractivity contribution in [3.05, 3.63) is 59.0 Å². The monoisotopic (exact) mass is 681 g/mol. The van der Waals surface area contributed by atoms with Crippen LogP contribution in [0.2, 0.25) is 0 Å². The van der Waals surface area contributed by atoms with Crippen LogP contribution in [-0.4, -0.2) is 78.7 Å². The fourth-order valence-corrected chi connectivity index (χ4v) is 8.13. The number of ether oxygens (including phenoxy) is 1. The highest BCUT2D eigenvalue weighted by molar-refractivity contribution is 9.10. The number of hydrogen-bond donors (Lipinski definition) is 1. The molecule has 0 radical (unpaired) electrons. The van der Waals surface area contributed by atoms with E-state index in [0.717, 1.165) is 89.6 Å². The quantitative estimate of drug-likeness (QED) is 0.250. The summed E-state index contributed by atoms with van der Waals surface area (Å²) in [5, 5.41) is 1.10. The number of carbonyl (C=O) groups is 1. The van der Waals surface area contributed by atoms with Gasteiger partial charge in [0.15, 0.2) is 5.82 Å². The lowest BCUT2D eigenvalue weighted by molar-refractivity contribution is 0.0700. The van der Waals surface area contributed by atoms with Gasteiger partial charge in [0.25, 0.3) is 5.91 Å². The summed E-state index contributed by atoms with van der Waals surface area (Å²) in [5.41, 5.74) is 10.8. The lowest BCUT2D eigenvalue weighted by Gasteiger charge is -2.39. The first-order valence-corrected chi connectivity index (χ1v) is 17.1. The summed E-state index contributed by atoms with van der Waals surface area (Å²) < 4.78 is 11.6. The van der Waals surface area contributed by atoms with Crippen LogP contribution in [0.25, 0.3) is 33.6 Å². The van der Waals surface area contributed by atoms with Crippen LogP contribution in [0, 0.1) is 17.8 Å². The Morgan fingerprint density at radius 2 is 1.80 bits per heavy atom. The number of piperidine rings is 1. The van der Waals surface area contributed by atoms with Gasteiger partial charge < -0.3 is 29.4 Å². The second-order valence-electron chi connectivity index (χ2n) is 13.5. The summed E-state index contributed by atoms with van der Waals surface area (Å²) in [7, 11) is 1.68. The second kappa shape index (κ2) is 10.8. The number of hydrogen-bond acceptors (Lipinski definition) is 8. The fourth-order valence-electron chi connectivity index (χ4n) is 7.92. The van der Waals surface area contributed by atoms with Crippen LogP contribution in [0.1, 0.15) is 36.0 Å². The Hall–Kier alpha value is -4.03. The van der Waals surface area contributed by atoms with Gasteiger partial charge in [-0.2, -0.15) is 0 Å². The number of aromatic nitrogens is 6. The molecule has 5 aromatic rings. The summed E-state index contributed by atoms with van der Waals surface area (Å²) in [6.07, 6.45) is 9.98. The Labute approximate surface area is 274 Å². The van der Waals surface area contributed by atoms with Gasteiger partial charge in [0.05, 0.1) is 22.8 Å². The minimum Gasteiger partial charge on any atom is -0.494 e. The van der Waals surface area contributed by atoms with Crippen LogP contribution in [0.15, 0.2) is 53.4 Å². The van der Waals surface area contributed by atoms with Crippen LogP contribution >= 0.6 is 15.9 Å². The van der Waals surface area contributed by atoms with Gasteiger partial charge in [-0.1, -0.05) is 0 Å². The van der Waals surface area contributed by atoms with Crippen molar-refractivity contribution in [3.63, 3.8) is 0 Å². The summed E-state index contributed by atoms with van der Waals surface area (Å²) >= 11 is 3.43. The number of rotatable bonds is 8. The molecule has 0 unspecified atom stereocenters. The molecular formula is C34H36BrN9O2. The van der Waals surface area contributed by atoms with Crippen molar-refractivity contribution in [3.8, 4) is 17.3 Å². The summed E-state index contributed by atoms with van der Waals surface area (Å²) in [4.78, 5) is 37.2. The van der Waals surface area contributed by atoms with E-state index in [1.54, 1.807) is 19.5 Å². The number of pyridine rings is 1. The topological polar surface area (TPSA) is 120 Å². The number of fused-ring (bicyclic) bond motifs is 4. The number of anilines is 1. The van der Waals surface area contributed by atoms with E-state index in [-0.39, 0.29) is 18.0 Å². The average Bonchev–Trinajstić information content (AvgIpc) is 3.41. The van der Waals surface area contributed by atoms with Crippen molar-refractivity contribution < 1.29 is 9.53 Å². The Bertz CT molecular complexity index is 1980. The van der Waals surface area contributed by atoms with Crippen molar-refractivity contribution in [1.82, 2.24) is 34.0 Å². The highest BCUT2D eigenvalue weighted by atomic mass is 79.9. The molecule has 6 heterocycles. The van der Waals surface area contributed by atoms with Gasteiger partial charge in [-0.25, -0.2) is 19.9 Å². The molecule has 2 N–H and O–H groups in total. The normalized spacial score (nSPS) is 22.7. The lowest BCUT2D eigenvalue weighted by Crippen LogP contribution is -2.49. The molecule has 3 atom stereocenters. The molecule has 4 aliphatic rings. The maximum atomic E-state index is 13.9. The second-order valence-corrected chi connectivity index (χ2v) is 14.4. The van der Waals surface area contributed by atoms with Gasteiger partial charge in [-0.15, -0.1) is 0 Å². The molecule has 9 rings (SSSR count). The largest absolute Gasteiger partial charge is 0.494 e. The zero-order chi connectivity index (χ0) is 31.1. The van der Waals surface area contributed by atoms with Crippen LogP contribution in [0.4, 0.5) is 5.95 Å². The number of nitrogens with two attached hydrogens (primary N) is 1. The molecule has 2 aliphatic carbocycles. The number of amides is 1. The smallest absolute Gasteiger partial charge is 0.254 e.